The van der Waals surface area contributed by atoms with Gasteiger partial charge in [0.05, 0.1) is 24.4 Å². The first kappa shape index (κ1) is 16.8. The number of benzene rings is 1. The van der Waals surface area contributed by atoms with Crippen molar-refractivity contribution in [3.63, 3.8) is 0 Å². The number of ether oxygens (including phenoxy) is 2. The van der Waals surface area contributed by atoms with E-state index >= 15 is 0 Å². The number of sulfone groups is 1. The normalized spacial score (nSPS) is 13.0. The van der Waals surface area contributed by atoms with Gasteiger partial charge in [0.2, 0.25) is 0 Å². The lowest BCUT2D eigenvalue weighted by molar-refractivity contribution is 0.283. The molecule has 1 aromatic carbocycles. The fourth-order valence-corrected chi connectivity index (χ4v) is 3.91. The molecule has 0 aliphatic heterocycles. The van der Waals surface area contributed by atoms with Crippen LogP contribution in [0.4, 0.5) is 0 Å². The second-order valence-electron chi connectivity index (χ2n) is 4.46. The predicted molar refractivity (Wildman–Crippen MR) is 77.1 cm³/mol. The molecule has 0 aliphatic rings. The quantitative estimate of drug-likeness (QED) is 0.795. The Hall–Kier alpha value is -1.27. The average Bonchev–Trinajstić information content (AvgIpc) is 2.46. The molecule has 0 aromatic heterocycles. The third-order valence-corrected chi connectivity index (χ3v) is 5.62. The molecule has 5 nitrogen and oxygen atoms in total. The lowest BCUT2D eigenvalue weighted by atomic mass is 10.2. The summed E-state index contributed by atoms with van der Waals surface area (Å²) in [5, 5.41) is 8.37. The van der Waals surface area contributed by atoms with Crippen molar-refractivity contribution in [1.82, 2.24) is 0 Å². The molecule has 0 radical (unpaired) electrons. The number of aliphatic hydroxyl groups is 1. The van der Waals surface area contributed by atoms with E-state index in [9.17, 15) is 8.42 Å². The van der Waals surface area contributed by atoms with Gasteiger partial charge in [-0.3, -0.25) is 0 Å². The Balaban J connectivity index is 3.13. The highest BCUT2D eigenvalue weighted by Crippen LogP contribution is 2.32. The van der Waals surface area contributed by atoms with Gasteiger partial charge in [-0.25, -0.2) is 8.42 Å². The van der Waals surface area contributed by atoms with Crippen molar-refractivity contribution in [3.8, 4) is 11.5 Å². The summed E-state index contributed by atoms with van der Waals surface area (Å²) in [6.45, 7) is 1.83. The maximum absolute atomic E-state index is 12.6. The number of aliphatic hydroxyl groups excluding tert-OH is 1. The lowest BCUT2D eigenvalue weighted by Crippen LogP contribution is -2.21. The summed E-state index contributed by atoms with van der Waals surface area (Å²) >= 11 is 0. The minimum Gasteiger partial charge on any atom is -0.493 e. The Labute approximate surface area is 120 Å². The Kier molecular flexibility index (Phi) is 6.29. The summed E-state index contributed by atoms with van der Waals surface area (Å²) in [5.74, 6) is 0.889. The molecule has 1 aromatic rings. The maximum Gasteiger partial charge on any atom is 0.181 e. The van der Waals surface area contributed by atoms with E-state index in [1.807, 2.05) is 6.92 Å². The summed E-state index contributed by atoms with van der Waals surface area (Å²) in [5.41, 5.74) is 0. The summed E-state index contributed by atoms with van der Waals surface area (Å²) in [6.07, 6.45) is 1.44. The Morgan fingerprint density at radius 1 is 1.20 bits per heavy atom. The van der Waals surface area contributed by atoms with Crippen LogP contribution in [0.5, 0.6) is 11.5 Å². The van der Waals surface area contributed by atoms with Crippen molar-refractivity contribution >= 4 is 9.84 Å². The van der Waals surface area contributed by atoms with Crippen LogP contribution in [0.1, 0.15) is 26.2 Å². The molecule has 114 valence electrons. The van der Waals surface area contributed by atoms with Crippen LogP contribution in [0.15, 0.2) is 23.1 Å². The van der Waals surface area contributed by atoms with Crippen LogP contribution in [0, 0.1) is 0 Å². The van der Waals surface area contributed by atoms with E-state index < -0.39 is 15.1 Å². The number of rotatable bonds is 8. The molecule has 0 saturated carbocycles. The van der Waals surface area contributed by atoms with E-state index in [0.29, 0.717) is 30.8 Å². The summed E-state index contributed by atoms with van der Waals surface area (Å²) in [4.78, 5) is 0.222. The minimum absolute atomic E-state index is 0.00203. The predicted octanol–water partition coefficient (Wildman–Crippen LogP) is 2.03. The monoisotopic (exact) mass is 302 g/mol. The van der Waals surface area contributed by atoms with Crippen molar-refractivity contribution in [2.45, 2.75) is 36.3 Å². The molecule has 0 heterocycles. The molecule has 6 heteroatoms. The number of methoxy groups -OCH3 is 2. The minimum atomic E-state index is -3.43. The van der Waals surface area contributed by atoms with Crippen molar-refractivity contribution in [3.05, 3.63) is 18.2 Å². The van der Waals surface area contributed by atoms with Gasteiger partial charge in [-0.15, -0.1) is 0 Å². The molecule has 0 saturated heterocycles. The Morgan fingerprint density at radius 2 is 1.85 bits per heavy atom. The highest BCUT2D eigenvalue weighted by molar-refractivity contribution is 7.92. The van der Waals surface area contributed by atoms with E-state index in [1.54, 1.807) is 6.07 Å². The SMILES string of the molecule is CCC(CCCO)S(=O)(=O)c1ccc(OC)c(OC)c1. The smallest absolute Gasteiger partial charge is 0.181 e. The van der Waals surface area contributed by atoms with Gasteiger partial charge in [0.1, 0.15) is 0 Å². The summed E-state index contributed by atoms with van der Waals surface area (Å²) < 4.78 is 35.4. The number of hydrogen-bond acceptors (Lipinski definition) is 5. The zero-order valence-corrected chi connectivity index (χ0v) is 12.9. The van der Waals surface area contributed by atoms with Crippen molar-refractivity contribution in [2.75, 3.05) is 20.8 Å². The van der Waals surface area contributed by atoms with Crippen LogP contribution < -0.4 is 9.47 Å². The molecule has 1 rings (SSSR count). The molecule has 1 N–H and O–H groups in total. The van der Waals surface area contributed by atoms with Crippen LogP contribution in [-0.4, -0.2) is 39.6 Å². The molecule has 0 bridgehead atoms. The molecular formula is C14H22O5S. The largest absolute Gasteiger partial charge is 0.493 e. The van der Waals surface area contributed by atoms with Gasteiger partial charge in [-0.2, -0.15) is 0 Å². The van der Waals surface area contributed by atoms with Crippen LogP contribution >= 0.6 is 0 Å². The molecule has 1 atom stereocenters. The fraction of sp³-hybridized carbons (Fsp3) is 0.571. The van der Waals surface area contributed by atoms with E-state index in [1.165, 1.54) is 26.4 Å². The van der Waals surface area contributed by atoms with Gasteiger partial charge in [0.15, 0.2) is 21.3 Å². The first-order valence-electron chi connectivity index (χ1n) is 6.58. The highest BCUT2D eigenvalue weighted by atomic mass is 32.2. The molecular weight excluding hydrogens is 280 g/mol. The third kappa shape index (κ3) is 3.64. The third-order valence-electron chi connectivity index (χ3n) is 3.26. The summed E-state index contributed by atoms with van der Waals surface area (Å²) in [7, 11) is -0.456. The number of hydrogen-bond donors (Lipinski definition) is 1. The highest BCUT2D eigenvalue weighted by Gasteiger charge is 2.26. The first-order valence-corrected chi connectivity index (χ1v) is 8.12. The first-order chi connectivity index (χ1) is 9.51. The van der Waals surface area contributed by atoms with Crippen LogP contribution in [0.25, 0.3) is 0 Å². The average molecular weight is 302 g/mol. The Bertz CT molecular complexity index is 524. The van der Waals surface area contributed by atoms with Crippen LogP contribution in [-0.2, 0) is 9.84 Å². The molecule has 0 amide bonds. The molecule has 1 unspecified atom stereocenters. The zero-order chi connectivity index (χ0) is 15.2. The van der Waals surface area contributed by atoms with Crippen molar-refractivity contribution < 1.29 is 23.0 Å². The molecule has 0 spiro atoms. The molecule has 20 heavy (non-hydrogen) atoms. The van der Waals surface area contributed by atoms with E-state index in [0.717, 1.165) is 0 Å². The van der Waals surface area contributed by atoms with Crippen molar-refractivity contribution in [2.24, 2.45) is 0 Å². The second-order valence-corrected chi connectivity index (χ2v) is 6.69. The van der Waals surface area contributed by atoms with Gasteiger partial charge in [-0.1, -0.05) is 6.92 Å². The van der Waals surface area contributed by atoms with E-state index in [-0.39, 0.29) is 11.5 Å². The van der Waals surface area contributed by atoms with Gasteiger partial charge in [0.25, 0.3) is 0 Å². The van der Waals surface area contributed by atoms with E-state index in [4.69, 9.17) is 14.6 Å². The zero-order valence-electron chi connectivity index (χ0n) is 12.1. The maximum atomic E-state index is 12.6. The van der Waals surface area contributed by atoms with Crippen LogP contribution in [0.3, 0.4) is 0 Å². The second kappa shape index (κ2) is 7.50. The Morgan fingerprint density at radius 3 is 2.35 bits per heavy atom. The fourth-order valence-electron chi connectivity index (χ4n) is 2.08. The van der Waals surface area contributed by atoms with Crippen LogP contribution in [0.2, 0.25) is 0 Å². The topological polar surface area (TPSA) is 72.8 Å². The molecule has 0 aliphatic carbocycles. The lowest BCUT2D eigenvalue weighted by Gasteiger charge is -2.16. The summed E-state index contributed by atoms with van der Waals surface area (Å²) in [6, 6.07) is 4.60. The van der Waals surface area contributed by atoms with Gasteiger partial charge in [-0.05, 0) is 31.4 Å². The van der Waals surface area contributed by atoms with Gasteiger partial charge >= 0.3 is 0 Å². The molecule has 0 fully saturated rings. The van der Waals surface area contributed by atoms with Gasteiger partial charge < -0.3 is 14.6 Å². The standard InChI is InChI=1S/C14H22O5S/c1-4-11(6-5-9-15)20(16,17)12-7-8-13(18-2)14(10-12)19-3/h7-8,10-11,15H,4-6,9H2,1-3H3. The van der Waals surface area contributed by atoms with E-state index in [2.05, 4.69) is 0 Å². The van der Waals surface area contributed by atoms with Gasteiger partial charge in [0, 0.05) is 12.7 Å². The van der Waals surface area contributed by atoms with Crippen molar-refractivity contribution in [1.29, 1.82) is 0 Å².